The molecule has 5 unspecified atom stereocenters. The van der Waals surface area contributed by atoms with Crippen LogP contribution < -0.4 is 4.74 Å². The summed E-state index contributed by atoms with van der Waals surface area (Å²) in [6.45, 7) is 5.19. The number of ether oxygens (including phenoxy) is 6. The molecule has 13 heteroatoms. The number of carbonyl (C=O) groups is 4. The third kappa shape index (κ3) is 7.77. The Morgan fingerprint density at radius 1 is 0.783 bits per heavy atom. The van der Waals surface area contributed by atoms with Crippen LogP contribution in [0, 0.1) is 0 Å². The maximum Gasteiger partial charge on any atom is 0.303 e. The van der Waals surface area contributed by atoms with E-state index in [1.54, 1.807) is 0 Å². The zero-order valence-corrected chi connectivity index (χ0v) is 26.6. The van der Waals surface area contributed by atoms with Crippen LogP contribution in [0.1, 0.15) is 27.7 Å². The monoisotopic (exact) mass is 650 g/mol. The summed E-state index contributed by atoms with van der Waals surface area (Å²) in [6.07, 6.45) is -4.79. The Labute approximate surface area is 269 Å². The Kier molecular flexibility index (Phi) is 10.4. The minimum Gasteiger partial charge on any atom is -0.491 e. The largest absolute Gasteiger partial charge is 0.491 e. The number of thioether (sulfide) groups is 1. The summed E-state index contributed by atoms with van der Waals surface area (Å²) in [5, 5.41) is 2.56. The van der Waals surface area contributed by atoms with Crippen molar-refractivity contribution in [3.05, 3.63) is 66.7 Å². The van der Waals surface area contributed by atoms with E-state index in [-0.39, 0.29) is 6.61 Å². The van der Waals surface area contributed by atoms with E-state index in [0.29, 0.717) is 23.8 Å². The van der Waals surface area contributed by atoms with Crippen LogP contribution in [0.5, 0.6) is 5.75 Å². The van der Waals surface area contributed by atoms with Crippen molar-refractivity contribution in [1.29, 1.82) is 0 Å². The van der Waals surface area contributed by atoms with Crippen LogP contribution >= 0.6 is 11.8 Å². The lowest BCUT2D eigenvalue weighted by Crippen LogP contribution is -2.61. The molecule has 1 fully saturated rings. The molecule has 1 saturated heterocycles. The lowest BCUT2D eigenvalue weighted by Gasteiger charge is -2.44. The van der Waals surface area contributed by atoms with Gasteiger partial charge in [-0.2, -0.15) is 0 Å². The fourth-order valence-electron chi connectivity index (χ4n) is 5.32. The van der Waals surface area contributed by atoms with Gasteiger partial charge in [0.05, 0.1) is 17.6 Å². The van der Waals surface area contributed by atoms with Gasteiger partial charge in [0.2, 0.25) is 0 Å². The number of hydrogen-bond donors (Lipinski definition) is 0. The zero-order valence-electron chi connectivity index (χ0n) is 25.7. The summed E-state index contributed by atoms with van der Waals surface area (Å²) in [7, 11) is 0. The highest BCUT2D eigenvalue weighted by atomic mass is 32.2. The summed E-state index contributed by atoms with van der Waals surface area (Å²) in [6, 6.07) is 21.4. The van der Waals surface area contributed by atoms with Crippen molar-refractivity contribution in [3.63, 3.8) is 0 Å². The smallest absolute Gasteiger partial charge is 0.303 e. The third-order valence-electron chi connectivity index (χ3n) is 7.11. The van der Waals surface area contributed by atoms with Crippen LogP contribution in [0.4, 0.5) is 0 Å². The molecule has 2 heterocycles. The molecular weight excluding hydrogens is 616 g/mol. The first-order valence-corrected chi connectivity index (χ1v) is 15.5. The molecule has 0 bridgehead atoms. The van der Waals surface area contributed by atoms with Crippen LogP contribution in [0.2, 0.25) is 0 Å². The second-order valence-electron chi connectivity index (χ2n) is 10.5. The molecule has 1 aromatic heterocycles. The number of aromatic nitrogens is 2. The van der Waals surface area contributed by atoms with E-state index in [4.69, 9.17) is 33.4 Å². The van der Waals surface area contributed by atoms with Gasteiger partial charge in [0.15, 0.2) is 28.9 Å². The molecule has 3 aromatic carbocycles. The zero-order chi connectivity index (χ0) is 32.8. The number of hydrogen-bond acceptors (Lipinski definition) is 12. The number of imidazole rings is 1. The molecule has 242 valence electrons. The average Bonchev–Trinajstić information content (AvgIpc) is 3.35. The van der Waals surface area contributed by atoms with E-state index in [0.717, 1.165) is 33.8 Å². The molecule has 0 aliphatic carbocycles. The second kappa shape index (κ2) is 14.6. The highest BCUT2D eigenvalue weighted by Gasteiger charge is 2.52. The number of carbonyl (C=O) groups excluding carboxylic acids is 4. The van der Waals surface area contributed by atoms with Crippen LogP contribution in [0.25, 0.3) is 21.8 Å². The Morgan fingerprint density at radius 3 is 2.17 bits per heavy atom. The fourth-order valence-corrected chi connectivity index (χ4v) is 6.53. The molecule has 5 atom stereocenters. The number of rotatable bonds is 11. The Bertz CT molecular complexity index is 1730. The average molecular weight is 651 g/mol. The quantitative estimate of drug-likeness (QED) is 0.167. The fraction of sp³-hybridized carbons (Fsp3) is 0.364. The van der Waals surface area contributed by atoms with Crippen LogP contribution in [0.15, 0.2) is 71.9 Å². The predicted molar refractivity (Wildman–Crippen MR) is 167 cm³/mol. The van der Waals surface area contributed by atoms with Gasteiger partial charge in [0.25, 0.3) is 0 Å². The Hall–Kier alpha value is -4.62. The topological polar surface area (TPSA) is 141 Å². The third-order valence-corrected chi connectivity index (χ3v) is 8.25. The van der Waals surface area contributed by atoms with Crippen LogP contribution in [-0.2, 0) is 49.4 Å². The lowest BCUT2D eigenvalue weighted by molar-refractivity contribution is -0.237. The number of benzene rings is 3. The highest BCUT2D eigenvalue weighted by Crippen LogP contribution is 2.38. The van der Waals surface area contributed by atoms with Gasteiger partial charge in [0, 0.05) is 33.1 Å². The van der Waals surface area contributed by atoms with Crippen LogP contribution in [0.3, 0.4) is 0 Å². The van der Waals surface area contributed by atoms with Crippen molar-refractivity contribution in [2.45, 2.75) is 69.2 Å². The number of para-hydroxylation sites is 2. The minimum atomic E-state index is -1.27. The summed E-state index contributed by atoms with van der Waals surface area (Å²) < 4.78 is 36.4. The van der Waals surface area contributed by atoms with E-state index in [2.05, 4.69) is 0 Å². The van der Waals surface area contributed by atoms with E-state index in [9.17, 15) is 19.2 Å². The van der Waals surface area contributed by atoms with E-state index in [1.807, 2.05) is 71.3 Å². The maximum atomic E-state index is 12.3. The molecular formula is C33H34N2O10S. The van der Waals surface area contributed by atoms with Crippen molar-refractivity contribution in [2.24, 2.45) is 0 Å². The summed E-state index contributed by atoms with van der Waals surface area (Å²) in [5.74, 6) is -1.91. The van der Waals surface area contributed by atoms with Gasteiger partial charge in [-0.25, -0.2) is 4.98 Å². The Morgan fingerprint density at radius 2 is 1.43 bits per heavy atom. The van der Waals surface area contributed by atoms with Crippen molar-refractivity contribution in [1.82, 2.24) is 9.55 Å². The molecule has 4 aromatic rings. The first-order chi connectivity index (χ1) is 22.1. The van der Waals surface area contributed by atoms with E-state index < -0.39 is 53.7 Å². The SMILES string of the molecule is CC(=O)OCC1OC(Sc2nc3ccccc3n2CCOc2cccc3ccccc23)C(OC(C)=O)C(OC(C)=O)C1OC(C)=O. The van der Waals surface area contributed by atoms with Crippen molar-refractivity contribution in [2.75, 3.05) is 13.2 Å². The molecule has 1 aliphatic rings. The van der Waals surface area contributed by atoms with Crippen molar-refractivity contribution in [3.8, 4) is 5.75 Å². The summed E-state index contributed by atoms with van der Waals surface area (Å²) in [4.78, 5) is 53.1. The van der Waals surface area contributed by atoms with Gasteiger partial charge in [-0.1, -0.05) is 60.3 Å². The van der Waals surface area contributed by atoms with E-state index >= 15 is 0 Å². The molecule has 12 nitrogen and oxygen atoms in total. The summed E-state index contributed by atoms with van der Waals surface area (Å²) in [5.41, 5.74) is 0.521. The number of nitrogens with zero attached hydrogens (tertiary/aromatic N) is 2. The second-order valence-corrected chi connectivity index (χ2v) is 11.6. The predicted octanol–water partition coefficient (Wildman–Crippen LogP) is 4.44. The standard InChI is InChI=1S/C33H34N2O10S/c1-19(36)41-18-28-29(42-20(2)37)30(43-21(3)38)31(44-22(4)39)32(45-28)46-33-34-25-13-7-8-14-26(25)35(33)16-17-40-27-15-9-11-23-10-5-6-12-24(23)27/h5-15,28-32H,16-18H2,1-4H3. The molecule has 0 spiro atoms. The lowest BCUT2D eigenvalue weighted by atomic mass is 9.99. The molecule has 0 N–H and O–H groups in total. The molecule has 1 aliphatic heterocycles. The normalized spacial score (nSPS) is 21.0. The van der Waals surface area contributed by atoms with Gasteiger partial charge >= 0.3 is 23.9 Å². The van der Waals surface area contributed by atoms with Gasteiger partial charge < -0.3 is 33.0 Å². The minimum absolute atomic E-state index is 0.306. The first-order valence-electron chi connectivity index (χ1n) is 14.6. The molecule has 0 amide bonds. The molecule has 46 heavy (non-hydrogen) atoms. The number of esters is 4. The van der Waals surface area contributed by atoms with Crippen LogP contribution in [-0.4, -0.2) is 76.5 Å². The van der Waals surface area contributed by atoms with E-state index in [1.165, 1.54) is 27.7 Å². The van der Waals surface area contributed by atoms with Gasteiger partial charge in [-0.15, -0.1) is 0 Å². The summed E-state index contributed by atoms with van der Waals surface area (Å²) >= 11 is 1.13. The Balaban J connectivity index is 1.47. The maximum absolute atomic E-state index is 12.3. The number of fused-ring (bicyclic) bond motifs is 2. The molecule has 0 saturated carbocycles. The molecule has 0 radical (unpaired) electrons. The molecule has 5 rings (SSSR count). The van der Waals surface area contributed by atoms with Crippen molar-refractivity contribution < 1.29 is 47.6 Å². The first kappa shape index (κ1) is 32.8. The van der Waals surface area contributed by atoms with Gasteiger partial charge in [-0.3, -0.25) is 19.2 Å². The highest BCUT2D eigenvalue weighted by molar-refractivity contribution is 7.99. The van der Waals surface area contributed by atoms with Crippen molar-refractivity contribution >= 4 is 57.4 Å². The van der Waals surface area contributed by atoms with Gasteiger partial charge in [0.1, 0.15) is 25.1 Å². The van der Waals surface area contributed by atoms with Gasteiger partial charge in [-0.05, 0) is 23.6 Å².